The minimum atomic E-state index is -4.66. The molecule has 0 radical (unpaired) electrons. The molecule has 0 aliphatic carbocycles. The molecule has 192 valence electrons. The fourth-order valence-electron chi connectivity index (χ4n) is 3.97. The van der Waals surface area contributed by atoms with Crippen molar-refractivity contribution in [3.05, 3.63) is 76.7 Å². The van der Waals surface area contributed by atoms with Gasteiger partial charge in [-0.1, -0.05) is 12.1 Å². The highest BCUT2D eigenvalue weighted by molar-refractivity contribution is 5.81. The van der Waals surface area contributed by atoms with E-state index in [9.17, 15) is 31.1 Å². The molecular weight excluding hydrogens is 502 g/mol. The van der Waals surface area contributed by atoms with Crippen molar-refractivity contribution in [3.8, 4) is 0 Å². The van der Waals surface area contributed by atoms with Gasteiger partial charge in [-0.3, -0.25) is 4.79 Å². The molecule has 1 N–H and O–H groups in total. The van der Waals surface area contributed by atoms with Crippen LogP contribution in [0.15, 0.2) is 42.9 Å². The van der Waals surface area contributed by atoms with E-state index in [1.54, 1.807) is 4.90 Å². The first kappa shape index (κ1) is 25.9. The minimum Gasteiger partial charge on any atom is -0.365 e. The van der Waals surface area contributed by atoms with Gasteiger partial charge in [-0.25, -0.2) is 19.8 Å². The number of fused-ring (bicyclic) bond motifs is 1. The number of Topliss-reactive ketones (excluding diaryl/α,β-unsaturated/α-hetero) is 1. The third-order valence-corrected chi connectivity index (χ3v) is 5.65. The summed E-state index contributed by atoms with van der Waals surface area (Å²) in [5.41, 5.74) is 0.536. The third-order valence-electron chi connectivity index (χ3n) is 5.65. The van der Waals surface area contributed by atoms with E-state index in [0.29, 0.717) is 41.5 Å². The number of benzene rings is 1. The van der Waals surface area contributed by atoms with Crippen LogP contribution in [0.5, 0.6) is 0 Å². The first-order valence-corrected chi connectivity index (χ1v) is 10.9. The van der Waals surface area contributed by atoms with Gasteiger partial charge in [0.1, 0.15) is 30.2 Å². The Morgan fingerprint density at radius 2 is 1.86 bits per heavy atom. The number of alkyl halides is 6. The van der Waals surface area contributed by atoms with E-state index in [1.165, 1.54) is 30.7 Å². The van der Waals surface area contributed by atoms with Gasteiger partial charge in [0.15, 0.2) is 5.69 Å². The van der Waals surface area contributed by atoms with Crippen LogP contribution < -0.4 is 10.2 Å². The normalized spacial score (nSPS) is 13.6. The Hall–Kier alpha value is -4.21. The Labute approximate surface area is 207 Å². The monoisotopic (exact) mass is 520 g/mol. The summed E-state index contributed by atoms with van der Waals surface area (Å²) in [5.74, 6) is -0.173. The van der Waals surface area contributed by atoms with Crippen molar-refractivity contribution >= 4 is 28.8 Å². The second kappa shape index (κ2) is 10.0. The Balaban J connectivity index is 1.48. The number of hydrogen-bond acceptors (Lipinski definition) is 6. The highest BCUT2D eigenvalue weighted by atomic mass is 19.4. The molecule has 0 spiro atoms. The molecule has 0 saturated carbocycles. The van der Waals surface area contributed by atoms with Crippen LogP contribution in [0.4, 0.5) is 49.4 Å². The van der Waals surface area contributed by atoms with Crippen LogP contribution in [-0.2, 0) is 30.4 Å². The van der Waals surface area contributed by atoms with Crippen molar-refractivity contribution in [2.45, 2.75) is 38.2 Å². The molecule has 7 nitrogen and oxygen atoms in total. The second-order valence-electron chi connectivity index (χ2n) is 8.31. The maximum atomic E-state index is 13.4. The lowest BCUT2D eigenvalue weighted by atomic mass is 10.0. The lowest BCUT2D eigenvalue weighted by Crippen LogP contribution is -2.32. The molecule has 3 aromatic rings. The maximum Gasteiger partial charge on any atom is 0.407 e. The van der Waals surface area contributed by atoms with Crippen LogP contribution in [0.25, 0.3) is 4.85 Å². The van der Waals surface area contributed by atoms with Crippen molar-refractivity contribution in [3.63, 3.8) is 0 Å². The third kappa shape index (κ3) is 6.32. The number of rotatable bonds is 6. The molecular formula is C24H18F6N6O. The Kier molecular flexibility index (Phi) is 7.02. The fourth-order valence-corrected chi connectivity index (χ4v) is 3.97. The van der Waals surface area contributed by atoms with E-state index in [2.05, 4.69) is 25.1 Å². The number of hydrogen-bond donors (Lipinski definition) is 1. The zero-order valence-corrected chi connectivity index (χ0v) is 19.0. The molecule has 4 rings (SSSR count). The lowest BCUT2D eigenvalue weighted by molar-refractivity contribution is -0.151. The summed E-state index contributed by atoms with van der Waals surface area (Å²) in [4.78, 5) is 28.9. The second-order valence-corrected chi connectivity index (χ2v) is 8.31. The first-order chi connectivity index (χ1) is 17.4. The van der Waals surface area contributed by atoms with E-state index in [-0.39, 0.29) is 6.54 Å². The van der Waals surface area contributed by atoms with Crippen molar-refractivity contribution in [2.24, 2.45) is 0 Å². The molecule has 0 unspecified atom stereocenters. The number of nitrogens with one attached hydrogen (secondary N) is 1. The zero-order chi connectivity index (χ0) is 26.8. The number of nitrogens with zero attached hydrogens (tertiary/aromatic N) is 5. The van der Waals surface area contributed by atoms with Gasteiger partial charge in [0, 0.05) is 30.4 Å². The molecule has 0 fully saturated rings. The molecule has 13 heteroatoms. The van der Waals surface area contributed by atoms with Crippen LogP contribution in [0.2, 0.25) is 0 Å². The topological polar surface area (TPSA) is 75.4 Å². The quantitative estimate of drug-likeness (QED) is 0.327. The van der Waals surface area contributed by atoms with Gasteiger partial charge < -0.3 is 10.2 Å². The van der Waals surface area contributed by atoms with Gasteiger partial charge >= 0.3 is 12.4 Å². The standard InChI is InChI=1S/C24H18F6N6O/c1-31-19-4-3-15(9-18(19)24(28,29)30)36-7-6-17-20(12-36)33-13-34-22(17)35-21-5-2-14(11-32-21)8-16(37)10-23(25,26)27/h2-5,9,11,13H,6-8,10,12H2,(H,32,33,34,35). The average molecular weight is 520 g/mol. The number of anilines is 3. The molecule has 0 bridgehead atoms. The predicted octanol–water partition coefficient (Wildman–Crippen LogP) is 5.81. The summed E-state index contributed by atoms with van der Waals surface area (Å²) in [7, 11) is 0. The minimum absolute atomic E-state index is 0.217. The predicted molar refractivity (Wildman–Crippen MR) is 121 cm³/mol. The molecule has 1 aromatic carbocycles. The highest BCUT2D eigenvalue weighted by Gasteiger charge is 2.34. The van der Waals surface area contributed by atoms with Gasteiger partial charge in [-0.15, -0.1) is 0 Å². The van der Waals surface area contributed by atoms with E-state index in [0.717, 1.165) is 17.7 Å². The Bertz CT molecular complexity index is 1350. The summed E-state index contributed by atoms with van der Waals surface area (Å²) < 4.78 is 77.2. The lowest BCUT2D eigenvalue weighted by Gasteiger charge is -2.31. The summed E-state index contributed by atoms with van der Waals surface area (Å²) in [6.07, 6.45) is -8.09. The van der Waals surface area contributed by atoms with E-state index < -0.39 is 42.2 Å². The Morgan fingerprint density at radius 1 is 1.08 bits per heavy atom. The van der Waals surface area contributed by atoms with Crippen molar-refractivity contribution in [2.75, 3.05) is 16.8 Å². The molecule has 0 amide bonds. The fraction of sp³-hybridized carbons (Fsp3) is 0.292. The van der Waals surface area contributed by atoms with Crippen LogP contribution >= 0.6 is 0 Å². The first-order valence-electron chi connectivity index (χ1n) is 10.9. The van der Waals surface area contributed by atoms with E-state index >= 15 is 0 Å². The molecule has 1 aliphatic rings. The summed E-state index contributed by atoms with van der Waals surface area (Å²) >= 11 is 0. The van der Waals surface area contributed by atoms with Gasteiger partial charge in [0.25, 0.3) is 0 Å². The summed E-state index contributed by atoms with van der Waals surface area (Å²) in [6, 6.07) is 6.59. The van der Waals surface area contributed by atoms with Crippen LogP contribution in [0.1, 0.15) is 28.8 Å². The largest absolute Gasteiger partial charge is 0.407 e. The number of halogens is 6. The highest BCUT2D eigenvalue weighted by Crippen LogP contribution is 2.39. The maximum absolute atomic E-state index is 13.4. The smallest absolute Gasteiger partial charge is 0.365 e. The number of pyridine rings is 1. The number of carbonyl (C=O) groups excluding carboxylic acids is 1. The van der Waals surface area contributed by atoms with E-state index in [4.69, 9.17) is 6.57 Å². The van der Waals surface area contributed by atoms with Crippen LogP contribution in [0.3, 0.4) is 0 Å². The average Bonchev–Trinajstić information content (AvgIpc) is 2.83. The van der Waals surface area contributed by atoms with Crippen molar-refractivity contribution in [1.29, 1.82) is 0 Å². The SMILES string of the molecule is [C-]#[N+]c1ccc(N2CCc3c(ncnc3Nc3ccc(CC(=O)CC(F)(F)F)cn3)C2)cc1C(F)(F)F. The number of aromatic nitrogens is 3. The van der Waals surface area contributed by atoms with Crippen molar-refractivity contribution in [1.82, 2.24) is 15.0 Å². The summed E-state index contributed by atoms with van der Waals surface area (Å²) in [6.45, 7) is 7.58. The molecule has 0 atom stereocenters. The van der Waals surface area contributed by atoms with Gasteiger partial charge in [-0.2, -0.15) is 26.3 Å². The number of carbonyl (C=O) groups is 1. The molecule has 3 heterocycles. The van der Waals surface area contributed by atoms with Gasteiger partial charge in [0.05, 0.1) is 24.4 Å². The van der Waals surface area contributed by atoms with E-state index in [1.807, 2.05) is 0 Å². The number of ketones is 1. The van der Waals surface area contributed by atoms with Crippen molar-refractivity contribution < 1.29 is 31.1 Å². The molecule has 1 aliphatic heterocycles. The van der Waals surface area contributed by atoms with Gasteiger partial charge in [0.2, 0.25) is 0 Å². The van der Waals surface area contributed by atoms with Crippen LogP contribution in [0, 0.1) is 6.57 Å². The molecule has 2 aromatic heterocycles. The summed E-state index contributed by atoms with van der Waals surface area (Å²) in [5, 5.41) is 3.02. The molecule has 0 saturated heterocycles. The Morgan fingerprint density at radius 3 is 2.51 bits per heavy atom. The van der Waals surface area contributed by atoms with Gasteiger partial charge in [-0.05, 0) is 30.2 Å². The zero-order valence-electron chi connectivity index (χ0n) is 19.0. The van der Waals surface area contributed by atoms with Crippen LogP contribution in [-0.4, -0.2) is 33.5 Å². The molecule has 37 heavy (non-hydrogen) atoms.